The van der Waals surface area contributed by atoms with Crippen molar-refractivity contribution in [1.29, 1.82) is 5.26 Å². The third kappa shape index (κ3) is 6.46. The molecule has 2 aromatic carbocycles. The zero-order valence-corrected chi connectivity index (χ0v) is 31.4. The number of thiophene rings is 1. The van der Waals surface area contributed by atoms with Crippen LogP contribution in [-0.2, 0) is 17.1 Å². The number of hydrogen-bond acceptors (Lipinski definition) is 9. The van der Waals surface area contributed by atoms with E-state index >= 15 is 30.7 Å². The molecule has 1 aliphatic carbocycles. The van der Waals surface area contributed by atoms with Gasteiger partial charge in [-0.05, 0) is 63.8 Å². The molecule has 3 aliphatic heterocycles. The molecule has 1 amide bonds. The number of ether oxygens (including phenoxy) is 1. The average Bonchev–Trinajstić information content (AvgIpc) is 3.40. The fourth-order valence-electron chi connectivity index (χ4n) is 9.27. The number of carbonyl (C=O) groups is 1. The lowest BCUT2D eigenvalue weighted by Crippen LogP contribution is -2.46. The van der Waals surface area contributed by atoms with Crippen molar-refractivity contribution < 1.29 is 49.0 Å². The molecular formula is C38H36F9N7O2S. The van der Waals surface area contributed by atoms with Crippen LogP contribution in [0, 0.1) is 23.1 Å². The van der Waals surface area contributed by atoms with E-state index in [1.54, 1.807) is 19.9 Å². The summed E-state index contributed by atoms with van der Waals surface area (Å²) in [6.45, 7) is 3.96. The van der Waals surface area contributed by atoms with Crippen LogP contribution < -0.4 is 15.4 Å². The number of aromatic nitrogens is 2. The van der Waals surface area contributed by atoms with Gasteiger partial charge in [0.25, 0.3) is 0 Å². The summed E-state index contributed by atoms with van der Waals surface area (Å²) in [6, 6.07) is 1.75. The Morgan fingerprint density at radius 1 is 1.16 bits per heavy atom. The highest BCUT2D eigenvalue weighted by Gasteiger charge is 2.51. The minimum absolute atomic E-state index is 0.00174. The highest BCUT2D eigenvalue weighted by atomic mass is 32.1. The van der Waals surface area contributed by atoms with Crippen LogP contribution in [-0.4, -0.2) is 88.4 Å². The number of nitrogen functional groups attached to an aromatic ring is 1. The number of likely N-dealkylation sites (N-methyl/N-ethyl adjacent to an activating group) is 1. The largest absolute Gasteiger partial charge is 0.461 e. The first-order valence-electron chi connectivity index (χ1n) is 18.6. The number of rotatable bonds is 8. The van der Waals surface area contributed by atoms with Crippen molar-refractivity contribution in [3.63, 3.8) is 0 Å². The maximum Gasteiger partial charge on any atom is 0.419 e. The second kappa shape index (κ2) is 13.8. The molecule has 0 spiro atoms. The van der Waals surface area contributed by atoms with E-state index in [-0.39, 0.29) is 56.3 Å². The summed E-state index contributed by atoms with van der Waals surface area (Å²) in [7, 11) is 0. The Morgan fingerprint density at radius 3 is 2.54 bits per heavy atom. The monoisotopic (exact) mass is 825 g/mol. The summed E-state index contributed by atoms with van der Waals surface area (Å²) in [5, 5.41) is 8.46. The first-order chi connectivity index (χ1) is 26.9. The first kappa shape index (κ1) is 39.3. The molecule has 0 bridgehead atoms. The number of anilines is 2. The van der Waals surface area contributed by atoms with Crippen LogP contribution in [0.4, 0.5) is 50.3 Å². The van der Waals surface area contributed by atoms with Crippen molar-refractivity contribution in [3.8, 4) is 23.2 Å². The smallest absolute Gasteiger partial charge is 0.419 e. The van der Waals surface area contributed by atoms with E-state index in [0.717, 1.165) is 6.07 Å². The standard InChI is InChI=1S/C38H36F9N7O2S/c1-3-53(26-7-10-54(17(26)2)34(55)20-12-25(20)41)33-21-11-23(37(42,43)44)28(19-5-6-24(40)31-27(19)22(14-48)32(49)57-31)29(38(45,46)47)30(21)50-35(51-33)56-16-36-8-4-9-52(36)15-18(39)13-36/h5-6,11,17-18,20,25-26H,3-4,7-10,12-13,15-16,49H2,1-2H3/t17-,18-,20-,25-,26+,36+/m1/s1. The minimum Gasteiger partial charge on any atom is -0.461 e. The summed E-state index contributed by atoms with van der Waals surface area (Å²) in [5.41, 5.74) is -2.03. The number of hydrogen-bond donors (Lipinski definition) is 1. The fraction of sp³-hybridized carbons (Fsp3) is 0.526. The van der Waals surface area contributed by atoms with Crippen molar-refractivity contribution in [2.75, 3.05) is 43.4 Å². The number of nitrogens with two attached hydrogens (primary N) is 1. The fourth-order valence-corrected chi connectivity index (χ4v) is 10.2. The molecular weight excluding hydrogens is 790 g/mol. The number of nitriles is 1. The topological polar surface area (TPSA) is 112 Å². The van der Waals surface area contributed by atoms with Gasteiger partial charge in [0, 0.05) is 48.4 Å². The summed E-state index contributed by atoms with van der Waals surface area (Å²) < 4.78 is 143. The van der Waals surface area contributed by atoms with E-state index in [4.69, 9.17) is 10.5 Å². The van der Waals surface area contributed by atoms with Crippen molar-refractivity contribution in [2.24, 2.45) is 5.92 Å². The molecule has 19 heteroatoms. The number of benzene rings is 2. The Morgan fingerprint density at radius 2 is 1.89 bits per heavy atom. The van der Waals surface area contributed by atoms with Gasteiger partial charge in [-0.25, -0.2) is 13.2 Å². The molecule has 0 radical (unpaired) electrons. The van der Waals surface area contributed by atoms with Crippen LogP contribution >= 0.6 is 11.3 Å². The molecule has 4 fully saturated rings. The number of amides is 1. The van der Waals surface area contributed by atoms with Crippen LogP contribution in [0.15, 0.2) is 18.2 Å². The van der Waals surface area contributed by atoms with Crippen molar-refractivity contribution in [2.45, 2.75) is 88.3 Å². The summed E-state index contributed by atoms with van der Waals surface area (Å²) in [6.07, 6.45) is -11.8. The molecule has 9 nitrogen and oxygen atoms in total. The van der Waals surface area contributed by atoms with E-state index in [1.165, 1.54) is 9.80 Å². The van der Waals surface area contributed by atoms with Gasteiger partial charge >= 0.3 is 18.4 Å². The van der Waals surface area contributed by atoms with Crippen molar-refractivity contribution >= 4 is 49.1 Å². The Labute approximate surface area is 324 Å². The highest BCUT2D eigenvalue weighted by molar-refractivity contribution is 7.23. The quantitative estimate of drug-likeness (QED) is 0.177. The number of fused-ring (bicyclic) bond motifs is 3. The Bertz CT molecular complexity index is 2330. The van der Waals surface area contributed by atoms with Gasteiger partial charge in [0.2, 0.25) is 5.91 Å². The van der Waals surface area contributed by atoms with E-state index in [2.05, 4.69) is 9.97 Å². The third-order valence-electron chi connectivity index (χ3n) is 12.0. The Hall–Kier alpha value is -4.57. The lowest BCUT2D eigenvalue weighted by molar-refractivity contribution is -0.141. The van der Waals surface area contributed by atoms with Gasteiger partial charge in [0.15, 0.2) is 0 Å². The molecule has 8 rings (SSSR count). The van der Waals surface area contributed by atoms with Gasteiger partial charge in [-0.3, -0.25) is 9.69 Å². The number of carbonyl (C=O) groups excluding carboxylic acids is 1. The van der Waals surface area contributed by atoms with Gasteiger partial charge in [-0.1, -0.05) is 6.07 Å². The summed E-state index contributed by atoms with van der Waals surface area (Å²) in [4.78, 5) is 26.7. The lowest BCUT2D eigenvalue weighted by atomic mass is 9.88. The lowest BCUT2D eigenvalue weighted by Gasteiger charge is -2.35. The van der Waals surface area contributed by atoms with Crippen LogP contribution in [0.3, 0.4) is 0 Å². The van der Waals surface area contributed by atoms with E-state index < -0.39 is 115 Å². The van der Waals surface area contributed by atoms with Crippen molar-refractivity contribution in [3.05, 3.63) is 40.7 Å². The van der Waals surface area contributed by atoms with Gasteiger partial charge < -0.3 is 20.3 Å². The van der Waals surface area contributed by atoms with Crippen LogP contribution in [0.5, 0.6) is 6.01 Å². The molecule has 4 aliphatic rings. The molecule has 2 N–H and O–H groups in total. The molecule has 6 atom stereocenters. The van der Waals surface area contributed by atoms with E-state index in [9.17, 15) is 18.8 Å². The molecule has 1 saturated carbocycles. The third-order valence-corrected chi connectivity index (χ3v) is 13.0. The Balaban J connectivity index is 1.39. The van der Waals surface area contributed by atoms with Crippen LogP contribution in [0.1, 0.15) is 62.6 Å². The predicted octanol–water partition coefficient (Wildman–Crippen LogP) is 8.27. The predicted molar refractivity (Wildman–Crippen MR) is 194 cm³/mol. The first-order valence-corrected chi connectivity index (χ1v) is 19.4. The second-order valence-corrected chi connectivity index (χ2v) is 16.3. The van der Waals surface area contributed by atoms with Gasteiger partial charge in [0.05, 0.1) is 44.4 Å². The Kier molecular flexibility index (Phi) is 9.49. The number of likely N-dealkylation sites (tertiary alicyclic amines) is 1. The minimum atomic E-state index is -5.55. The van der Waals surface area contributed by atoms with E-state index in [1.807, 2.05) is 4.90 Å². The number of halogens is 9. The normalized spacial score (nSPS) is 26.4. The molecule has 3 saturated heterocycles. The summed E-state index contributed by atoms with van der Waals surface area (Å²) in [5.74, 6) is -2.57. The molecule has 304 valence electrons. The molecule has 2 aromatic heterocycles. The number of nitrogens with zero attached hydrogens (tertiary/aromatic N) is 6. The second-order valence-electron chi connectivity index (χ2n) is 15.3. The zero-order chi connectivity index (χ0) is 40.9. The zero-order valence-electron chi connectivity index (χ0n) is 30.6. The molecule has 57 heavy (non-hydrogen) atoms. The number of alkyl halides is 8. The SMILES string of the molecule is CCN(c1nc(OC[C@@]23CCCN2C[C@H](F)C3)nc2c(C(F)(F)F)c(-c3ccc(F)c4sc(N)c(C#N)c34)c(C(F)(F)F)cc12)[C@H]1CCN(C(=O)[C@@H]2C[C@H]2F)[C@@H]1C. The molecule has 0 unspecified atom stereocenters. The summed E-state index contributed by atoms with van der Waals surface area (Å²) >= 11 is 0.515. The molecule has 5 heterocycles. The molecule has 4 aromatic rings. The maximum atomic E-state index is 15.7. The van der Waals surface area contributed by atoms with E-state index in [0.29, 0.717) is 42.9 Å². The maximum absolute atomic E-state index is 15.7. The van der Waals surface area contributed by atoms with Gasteiger partial charge in [0.1, 0.15) is 41.7 Å². The van der Waals surface area contributed by atoms with Crippen LogP contribution in [0.2, 0.25) is 0 Å². The van der Waals surface area contributed by atoms with Gasteiger partial charge in [-0.2, -0.15) is 41.6 Å². The highest BCUT2D eigenvalue weighted by Crippen LogP contribution is 2.53. The van der Waals surface area contributed by atoms with Crippen molar-refractivity contribution in [1.82, 2.24) is 19.8 Å². The average molecular weight is 826 g/mol. The van der Waals surface area contributed by atoms with Crippen LogP contribution in [0.25, 0.3) is 32.1 Å². The van der Waals surface area contributed by atoms with Gasteiger partial charge in [-0.15, -0.1) is 11.3 Å².